The summed E-state index contributed by atoms with van der Waals surface area (Å²) in [5.41, 5.74) is 1.05. The molecule has 4 nitrogen and oxygen atoms in total. The number of carbonyl (C=O) groups is 1. The van der Waals surface area contributed by atoms with Crippen LogP contribution >= 0.6 is 27.7 Å². The van der Waals surface area contributed by atoms with Crippen molar-refractivity contribution in [3.8, 4) is 5.75 Å². The SMILES string of the molecule is COc1ccc(C(C)NC(=O)[C@H]2CSCN2)cc1Br. The first-order valence-electron chi connectivity index (χ1n) is 6.06. The normalized spacial score (nSPS) is 20.1. The zero-order valence-electron chi connectivity index (χ0n) is 10.9. The number of hydrogen-bond acceptors (Lipinski definition) is 4. The van der Waals surface area contributed by atoms with Crippen molar-refractivity contribution in [2.24, 2.45) is 0 Å². The van der Waals surface area contributed by atoms with Crippen molar-refractivity contribution in [2.75, 3.05) is 18.7 Å². The van der Waals surface area contributed by atoms with Crippen molar-refractivity contribution in [3.05, 3.63) is 28.2 Å². The standard InChI is InChI=1S/C13H17BrN2O2S/c1-8(16-13(17)11-6-19-7-15-11)9-3-4-12(18-2)10(14)5-9/h3-5,8,11,15H,6-7H2,1-2H3,(H,16,17)/t8?,11-/m1/s1. The molecule has 0 aliphatic carbocycles. The number of amides is 1. The van der Waals surface area contributed by atoms with E-state index in [9.17, 15) is 4.79 Å². The summed E-state index contributed by atoms with van der Waals surface area (Å²) >= 11 is 5.20. The Kier molecular flexibility index (Phi) is 5.13. The Morgan fingerprint density at radius 3 is 3.00 bits per heavy atom. The first kappa shape index (κ1) is 14.7. The Labute approximate surface area is 125 Å². The van der Waals surface area contributed by atoms with Gasteiger partial charge in [-0.05, 0) is 40.5 Å². The van der Waals surface area contributed by atoms with Gasteiger partial charge in [-0.3, -0.25) is 10.1 Å². The number of hydrogen-bond donors (Lipinski definition) is 2. The molecule has 19 heavy (non-hydrogen) atoms. The van der Waals surface area contributed by atoms with Crippen LogP contribution in [-0.4, -0.2) is 30.7 Å². The number of benzene rings is 1. The number of rotatable bonds is 4. The van der Waals surface area contributed by atoms with Gasteiger partial charge in [0.15, 0.2) is 0 Å². The van der Waals surface area contributed by atoms with Crippen molar-refractivity contribution in [2.45, 2.75) is 19.0 Å². The summed E-state index contributed by atoms with van der Waals surface area (Å²) in [6.07, 6.45) is 0. The Bertz CT molecular complexity index is 464. The summed E-state index contributed by atoms with van der Waals surface area (Å²) in [7, 11) is 1.63. The van der Waals surface area contributed by atoms with E-state index in [1.807, 2.05) is 25.1 Å². The highest BCUT2D eigenvalue weighted by Gasteiger charge is 2.23. The molecule has 2 atom stereocenters. The van der Waals surface area contributed by atoms with Gasteiger partial charge in [0.05, 0.1) is 23.7 Å². The molecule has 2 N–H and O–H groups in total. The van der Waals surface area contributed by atoms with Crippen LogP contribution in [0, 0.1) is 0 Å². The van der Waals surface area contributed by atoms with Gasteiger partial charge in [0.1, 0.15) is 5.75 Å². The lowest BCUT2D eigenvalue weighted by Crippen LogP contribution is -2.42. The summed E-state index contributed by atoms with van der Waals surface area (Å²) in [5.74, 6) is 2.53. The molecule has 0 radical (unpaired) electrons. The van der Waals surface area contributed by atoms with Gasteiger partial charge >= 0.3 is 0 Å². The molecule has 1 fully saturated rings. The van der Waals surface area contributed by atoms with Gasteiger partial charge in [-0.2, -0.15) is 0 Å². The second kappa shape index (κ2) is 6.63. The first-order chi connectivity index (χ1) is 9.11. The van der Waals surface area contributed by atoms with E-state index in [1.54, 1.807) is 18.9 Å². The number of ether oxygens (including phenoxy) is 1. The van der Waals surface area contributed by atoms with Crippen molar-refractivity contribution in [1.82, 2.24) is 10.6 Å². The smallest absolute Gasteiger partial charge is 0.238 e. The van der Waals surface area contributed by atoms with E-state index in [0.29, 0.717) is 0 Å². The average Bonchev–Trinajstić information content (AvgIpc) is 2.92. The maximum atomic E-state index is 12.0. The predicted molar refractivity (Wildman–Crippen MR) is 81.5 cm³/mol. The summed E-state index contributed by atoms with van der Waals surface area (Å²) in [5, 5.41) is 6.19. The number of carbonyl (C=O) groups excluding carboxylic acids is 1. The monoisotopic (exact) mass is 344 g/mol. The molecule has 0 bridgehead atoms. The van der Waals surface area contributed by atoms with Crippen LogP contribution in [0.1, 0.15) is 18.5 Å². The number of methoxy groups -OCH3 is 1. The molecule has 1 unspecified atom stereocenters. The topological polar surface area (TPSA) is 50.4 Å². The molecular formula is C13H17BrN2O2S. The maximum Gasteiger partial charge on any atom is 0.238 e. The first-order valence-corrected chi connectivity index (χ1v) is 8.01. The molecule has 1 amide bonds. The highest BCUT2D eigenvalue weighted by molar-refractivity contribution is 9.10. The molecule has 1 heterocycles. The van der Waals surface area contributed by atoms with Crippen LogP contribution in [0.5, 0.6) is 5.75 Å². The molecule has 6 heteroatoms. The van der Waals surface area contributed by atoms with Crippen molar-refractivity contribution in [3.63, 3.8) is 0 Å². The van der Waals surface area contributed by atoms with Crippen LogP contribution in [0.2, 0.25) is 0 Å². The lowest BCUT2D eigenvalue weighted by Gasteiger charge is -2.18. The van der Waals surface area contributed by atoms with E-state index in [1.165, 1.54) is 0 Å². The van der Waals surface area contributed by atoms with E-state index in [-0.39, 0.29) is 18.0 Å². The second-order valence-electron chi connectivity index (χ2n) is 4.40. The second-order valence-corrected chi connectivity index (χ2v) is 6.28. The maximum absolute atomic E-state index is 12.0. The quantitative estimate of drug-likeness (QED) is 0.879. The van der Waals surface area contributed by atoms with Gasteiger partial charge in [-0.1, -0.05) is 6.07 Å². The van der Waals surface area contributed by atoms with E-state index >= 15 is 0 Å². The Morgan fingerprint density at radius 2 is 2.42 bits per heavy atom. The minimum atomic E-state index is -0.0749. The fourth-order valence-corrected chi connectivity index (χ4v) is 3.41. The number of thioether (sulfide) groups is 1. The zero-order valence-corrected chi connectivity index (χ0v) is 13.3. The molecular weight excluding hydrogens is 328 g/mol. The minimum absolute atomic E-state index is 0.0258. The molecule has 1 aliphatic rings. The molecule has 0 spiro atoms. The predicted octanol–water partition coefficient (Wildman–Crippen LogP) is 2.30. The van der Waals surface area contributed by atoms with Gasteiger partial charge in [0.25, 0.3) is 0 Å². The van der Waals surface area contributed by atoms with Gasteiger partial charge < -0.3 is 10.1 Å². The summed E-state index contributed by atoms with van der Waals surface area (Å²) in [6.45, 7) is 1.98. The Balaban J connectivity index is 2.00. The molecule has 1 aromatic rings. The fraction of sp³-hybridized carbons (Fsp3) is 0.462. The van der Waals surface area contributed by atoms with Gasteiger partial charge in [-0.15, -0.1) is 11.8 Å². The number of halogens is 1. The molecule has 0 saturated carbocycles. The molecule has 2 rings (SSSR count). The lowest BCUT2D eigenvalue weighted by molar-refractivity contribution is -0.123. The Morgan fingerprint density at radius 1 is 1.63 bits per heavy atom. The highest BCUT2D eigenvalue weighted by Crippen LogP contribution is 2.28. The van der Waals surface area contributed by atoms with Crippen LogP contribution < -0.4 is 15.4 Å². The average molecular weight is 345 g/mol. The zero-order chi connectivity index (χ0) is 13.8. The molecule has 0 aromatic heterocycles. The van der Waals surface area contributed by atoms with E-state index in [0.717, 1.165) is 27.4 Å². The Hall–Kier alpha value is -0.720. The van der Waals surface area contributed by atoms with Crippen LogP contribution in [0.3, 0.4) is 0 Å². The van der Waals surface area contributed by atoms with Crippen molar-refractivity contribution >= 4 is 33.6 Å². The van der Waals surface area contributed by atoms with E-state index in [2.05, 4.69) is 26.6 Å². The van der Waals surface area contributed by atoms with Gasteiger partial charge in [0, 0.05) is 11.6 Å². The lowest BCUT2D eigenvalue weighted by atomic mass is 10.1. The molecule has 1 aliphatic heterocycles. The van der Waals surface area contributed by atoms with Crippen molar-refractivity contribution < 1.29 is 9.53 Å². The van der Waals surface area contributed by atoms with Gasteiger partial charge in [0.2, 0.25) is 5.91 Å². The van der Waals surface area contributed by atoms with Crippen LogP contribution in [0.15, 0.2) is 22.7 Å². The van der Waals surface area contributed by atoms with E-state index < -0.39 is 0 Å². The molecule has 1 saturated heterocycles. The van der Waals surface area contributed by atoms with Gasteiger partial charge in [-0.25, -0.2) is 0 Å². The van der Waals surface area contributed by atoms with Crippen LogP contribution in [0.25, 0.3) is 0 Å². The van der Waals surface area contributed by atoms with E-state index in [4.69, 9.17) is 4.74 Å². The largest absolute Gasteiger partial charge is 0.496 e. The molecule has 1 aromatic carbocycles. The third kappa shape index (κ3) is 3.64. The van der Waals surface area contributed by atoms with Crippen LogP contribution in [0.4, 0.5) is 0 Å². The third-order valence-electron chi connectivity index (χ3n) is 3.07. The fourth-order valence-electron chi connectivity index (χ4n) is 1.91. The summed E-state index contributed by atoms with van der Waals surface area (Å²) < 4.78 is 6.09. The number of nitrogens with one attached hydrogen (secondary N) is 2. The summed E-state index contributed by atoms with van der Waals surface area (Å²) in [6, 6.07) is 5.73. The van der Waals surface area contributed by atoms with Crippen molar-refractivity contribution in [1.29, 1.82) is 0 Å². The molecule has 104 valence electrons. The minimum Gasteiger partial charge on any atom is -0.496 e. The van der Waals surface area contributed by atoms with Crippen LogP contribution in [-0.2, 0) is 4.79 Å². The summed E-state index contributed by atoms with van der Waals surface area (Å²) in [4.78, 5) is 12.0. The highest BCUT2D eigenvalue weighted by atomic mass is 79.9. The third-order valence-corrected chi connectivity index (χ3v) is 4.63.